The van der Waals surface area contributed by atoms with Gasteiger partial charge in [-0.3, -0.25) is 0 Å². The summed E-state index contributed by atoms with van der Waals surface area (Å²) in [5, 5.41) is 16.5. The van der Waals surface area contributed by atoms with Gasteiger partial charge in [-0.2, -0.15) is 0 Å². The van der Waals surface area contributed by atoms with Crippen molar-refractivity contribution in [3.63, 3.8) is 0 Å². The molecule has 0 bridgehead atoms. The Morgan fingerprint density at radius 2 is 2.26 bits per heavy atom. The van der Waals surface area contributed by atoms with Gasteiger partial charge in [-0.25, -0.2) is 9.18 Å². The van der Waals surface area contributed by atoms with E-state index in [0.29, 0.717) is 18.7 Å². The molecule has 0 aliphatic carbocycles. The molecule has 1 heterocycles. The topological polar surface area (TPSA) is 70.6 Å². The normalized spacial score (nSPS) is 11.8. The summed E-state index contributed by atoms with van der Waals surface area (Å²) in [6, 6.07) is 6.99. The Kier molecular flexibility index (Phi) is 6.37. The second kappa shape index (κ2) is 8.50. The van der Waals surface area contributed by atoms with Crippen molar-refractivity contribution in [3.05, 3.63) is 46.4 Å². The van der Waals surface area contributed by atoms with Gasteiger partial charge >= 0.3 is 6.03 Å². The van der Waals surface area contributed by atoms with Crippen molar-refractivity contribution in [1.29, 1.82) is 0 Å². The molecule has 0 saturated carbocycles. The van der Waals surface area contributed by atoms with Crippen LogP contribution < -0.4 is 15.4 Å². The Bertz CT molecular complexity index is 634. The van der Waals surface area contributed by atoms with E-state index in [1.807, 2.05) is 17.5 Å². The number of hydrogen-bond acceptors (Lipinski definition) is 4. The van der Waals surface area contributed by atoms with Gasteiger partial charge in [-0.1, -0.05) is 6.07 Å². The Labute approximate surface area is 138 Å². The lowest BCUT2D eigenvalue weighted by molar-refractivity contribution is 0.239. The standard InChI is InChI=1S/C16H19FN2O3S/c1-2-22-14-10-11(17)5-6-12(14)18-16(21)19-13(7-8-20)15-4-3-9-23-15/h3-6,9-10,13,20H,2,7-8H2,1H3,(H2,18,19,21)/t13-/m1/s1. The largest absolute Gasteiger partial charge is 0.492 e. The molecule has 2 amide bonds. The summed E-state index contributed by atoms with van der Waals surface area (Å²) >= 11 is 1.50. The number of benzene rings is 1. The van der Waals surface area contributed by atoms with Crippen LogP contribution in [0.5, 0.6) is 5.75 Å². The number of aliphatic hydroxyl groups is 1. The van der Waals surface area contributed by atoms with E-state index >= 15 is 0 Å². The van der Waals surface area contributed by atoms with Crippen LogP contribution in [0.15, 0.2) is 35.7 Å². The number of urea groups is 1. The van der Waals surface area contributed by atoms with Gasteiger partial charge in [0.05, 0.1) is 18.3 Å². The van der Waals surface area contributed by atoms with E-state index in [-0.39, 0.29) is 18.4 Å². The molecule has 0 spiro atoms. The van der Waals surface area contributed by atoms with Gasteiger partial charge in [0.25, 0.3) is 0 Å². The lowest BCUT2D eigenvalue weighted by Gasteiger charge is -2.18. The van der Waals surface area contributed by atoms with E-state index in [9.17, 15) is 9.18 Å². The van der Waals surface area contributed by atoms with Crippen molar-refractivity contribution in [2.24, 2.45) is 0 Å². The first-order chi connectivity index (χ1) is 11.1. The van der Waals surface area contributed by atoms with E-state index in [0.717, 1.165) is 4.88 Å². The van der Waals surface area contributed by atoms with Gasteiger partial charge in [0.15, 0.2) is 0 Å². The van der Waals surface area contributed by atoms with Crippen molar-refractivity contribution >= 4 is 23.1 Å². The van der Waals surface area contributed by atoms with Gasteiger partial charge < -0.3 is 20.5 Å². The average molecular weight is 338 g/mol. The summed E-state index contributed by atoms with van der Waals surface area (Å²) in [5.41, 5.74) is 0.389. The minimum absolute atomic E-state index is 0.0381. The van der Waals surface area contributed by atoms with Crippen LogP contribution >= 0.6 is 11.3 Å². The van der Waals surface area contributed by atoms with Crippen molar-refractivity contribution < 1.29 is 19.0 Å². The van der Waals surface area contributed by atoms with Crippen LogP contribution in [0.2, 0.25) is 0 Å². The molecule has 0 fully saturated rings. The van der Waals surface area contributed by atoms with Crippen molar-refractivity contribution in [2.75, 3.05) is 18.5 Å². The maximum Gasteiger partial charge on any atom is 0.319 e. The number of rotatable bonds is 7. The molecular formula is C16H19FN2O3S. The maximum atomic E-state index is 13.3. The smallest absolute Gasteiger partial charge is 0.319 e. The molecule has 1 atom stereocenters. The fourth-order valence-electron chi connectivity index (χ4n) is 2.10. The third kappa shape index (κ3) is 4.94. The van der Waals surface area contributed by atoms with Gasteiger partial charge in [0.2, 0.25) is 0 Å². The Morgan fingerprint density at radius 3 is 2.91 bits per heavy atom. The van der Waals surface area contributed by atoms with Gasteiger partial charge in [-0.15, -0.1) is 11.3 Å². The maximum absolute atomic E-state index is 13.3. The number of anilines is 1. The monoisotopic (exact) mass is 338 g/mol. The van der Waals surface area contributed by atoms with Crippen LogP contribution in [-0.2, 0) is 0 Å². The first-order valence-electron chi connectivity index (χ1n) is 7.28. The van der Waals surface area contributed by atoms with Crippen LogP contribution in [-0.4, -0.2) is 24.4 Å². The highest BCUT2D eigenvalue weighted by atomic mass is 32.1. The molecule has 7 heteroatoms. The fourth-order valence-corrected chi connectivity index (χ4v) is 2.91. The first-order valence-corrected chi connectivity index (χ1v) is 8.16. The second-order valence-corrected chi connectivity index (χ2v) is 5.73. The SMILES string of the molecule is CCOc1cc(F)ccc1NC(=O)N[C@H](CCO)c1cccs1. The van der Waals surface area contributed by atoms with E-state index in [2.05, 4.69) is 10.6 Å². The molecule has 5 nitrogen and oxygen atoms in total. The van der Waals surface area contributed by atoms with Gasteiger partial charge in [0.1, 0.15) is 11.6 Å². The van der Waals surface area contributed by atoms with Crippen molar-refractivity contribution in [3.8, 4) is 5.75 Å². The number of halogens is 1. The zero-order valence-corrected chi connectivity index (χ0v) is 13.5. The molecular weight excluding hydrogens is 319 g/mol. The molecule has 3 N–H and O–H groups in total. The average Bonchev–Trinajstić information content (AvgIpc) is 3.04. The highest BCUT2D eigenvalue weighted by molar-refractivity contribution is 7.10. The zero-order chi connectivity index (χ0) is 16.7. The first kappa shape index (κ1) is 17.2. The molecule has 1 aromatic heterocycles. The number of aliphatic hydroxyl groups excluding tert-OH is 1. The third-order valence-electron chi connectivity index (χ3n) is 3.10. The molecule has 0 radical (unpaired) electrons. The summed E-state index contributed by atoms with van der Waals surface area (Å²) in [5.74, 6) is -0.159. The van der Waals surface area contributed by atoms with Gasteiger partial charge in [-0.05, 0) is 36.9 Å². The minimum Gasteiger partial charge on any atom is -0.492 e. The summed E-state index contributed by atoms with van der Waals surface area (Å²) in [7, 11) is 0. The summed E-state index contributed by atoms with van der Waals surface area (Å²) in [6.45, 7) is 2.11. The zero-order valence-electron chi connectivity index (χ0n) is 12.7. The quantitative estimate of drug-likeness (QED) is 0.723. The van der Waals surface area contributed by atoms with Crippen LogP contribution in [0.3, 0.4) is 0 Å². The second-order valence-electron chi connectivity index (χ2n) is 4.75. The third-order valence-corrected chi connectivity index (χ3v) is 4.09. The van der Waals surface area contributed by atoms with E-state index < -0.39 is 11.8 Å². The minimum atomic E-state index is -0.440. The van der Waals surface area contributed by atoms with Crippen LogP contribution in [0.4, 0.5) is 14.9 Å². The number of nitrogens with one attached hydrogen (secondary N) is 2. The molecule has 0 unspecified atom stereocenters. The Hall–Kier alpha value is -2.12. The Balaban J connectivity index is 2.06. The van der Waals surface area contributed by atoms with E-state index in [1.54, 1.807) is 6.92 Å². The predicted octanol–water partition coefficient (Wildman–Crippen LogP) is 3.53. The van der Waals surface area contributed by atoms with Crippen molar-refractivity contribution in [2.45, 2.75) is 19.4 Å². The summed E-state index contributed by atoms with van der Waals surface area (Å²) in [6.07, 6.45) is 0.412. The lowest BCUT2D eigenvalue weighted by atomic mass is 10.2. The van der Waals surface area contributed by atoms with Crippen LogP contribution in [0.1, 0.15) is 24.3 Å². The number of carbonyl (C=O) groups excluding carboxylic acids is 1. The highest BCUT2D eigenvalue weighted by Gasteiger charge is 2.16. The molecule has 2 rings (SSSR count). The van der Waals surface area contributed by atoms with Gasteiger partial charge in [0, 0.05) is 17.6 Å². The highest BCUT2D eigenvalue weighted by Crippen LogP contribution is 2.26. The van der Waals surface area contributed by atoms with Crippen molar-refractivity contribution in [1.82, 2.24) is 5.32 Å². The Morgan fingerprint density at radius 1 is 1.43 bits per heavy atom. The molecule has 23 heavy (non-hydrogen) atoms. The van der Waals surface area contributed by atoms with E-state index in [4.69, 9.17) is 9.84 Å². The molecule has 2 aromatic rings. The molecule has 124 valence electrons. The number of ether oxygens (including phenoxy) is 1. The molecule has 0 aliphatic rings. The number of thiophene rings is 1. The van der Waals surface area contributed by atoms with Crippen LogP contribution in [0, 0.1) is 5.82 Å². The fraction of sp³-hybridized carbons (Fsp3) is 0.312. The summed E-state index contributed by atoms with van der Waals surface area (Å²) in [4.78, 5) is 13.1. The molecule has 1 aromatic carbocycles. The number of carbonyl (C=O) groups is 1. The van der Waals surface area contributed by atoms with Crippen LogP contribution in [0.25, 0.3) is 0 Å². The predicted molar refractivity (Wildman–Crippen MR) is 88.5 cm³/mol. The lowest BCUT2D eigenvalue weighted by Crippen LogP contribution is -2.32. The number of hydrogen-bond donors (Lipinski definition) is 3. The number of amides is 2. The van der Waals surface area contributed by atoms with E-state index in [1.165, 1.54) is 29.5 Å². The molecule has 0 saturated heterocycles. The summed E-state index contributed by atoms with van der Waals surface area (Å²) < 4.78 is 18.6. The molecule has 0 aliphatic heterocycles.